The van der Waals surface area contributed by atoms with Gasteiger partial charge in [0.1, 0.15) is 0 Å². The van der Waals surface area contributed by atoms with Gasteiger partial charge in [-0.25, -0.2) is 0 Å². The minimum Gasteiger partial charge on any atom is -0.303 e. The van der Waals surface area contributed by atoms with Crippen LogP contribution < -0.4 is 0 Å². The Hall–Kier alpha value is -0.120. The molecule has 3 fully saturated rings. The minimum atomic E-state index is 0.696. The van der Waals surface area contributed by atoms with Crippen molar-refractivity contribution in [2.75, 3.05) is 45.8 Å². The highest BCUT2D eigenvalue weighted by atomic mass is 15.2. The molecule has 3 aliphatic heterocycles. The van der Waals surface area contributed by atoms with Crippen LogP contribution in [0.1, 0.15) is 53.4 Å². The number of piperidine rings is 2. The third-order valence-corrected chi connectivity index (χ3v) is 6.62. The molecule has 0 radical (unpaired) electrons. The molecular formula is C19H37N3. The van der Waals surface area contributed by atoms with E-state index in [0.29, 0.717) is 5.41 Å². The predicted octanol–water partition coefficient (Wildman–Crippen LogP) is 2.91. The van der Waals surface area contributed by atoms with Gasteiger partial charge in [0.05, 0.1) is 0 Å². The molecule has 0 bridgehead atoms. The standard InChI is InChI=1S/C19H37N3/c1-16(2)21-9-5-18(6-10-21)13-20-11-7-19(8-12-20)14-22(15-19)17(3)4/h16-18H,5-15H2,1-4H3. The third kappa shape index (κ3) is 3.68. The number of hydrogen-bond donors (Lipinski definition) is 0. The van der Waals surface area contributed by atoms with Gasteiger partial charge in [-0.15, -0.1) is 0 Å². The van der Waals surface area contributed by atoms with E-state index in [0.717, 1.165) is 18.0 Å². The SMILES string of the molecule is CC(C)N1CCC(CN2CCC3(CC2)CN(C(C)C)C3)CC1. The maximum Gasteiger partial charge on any atom is 0.00541 e. The first-order valence-corrected chi connectivity index (χ1v) is 9.68. The first-order chi connectivity index (χ1) is 10.5. The molecule has 3 rings (SSSR count). The van der Waals surface area contributed by atoms with Crippen molar-refractivity contribution < 1.29 is 0 Å². The Kier molecular flexibility index (Phi) is 5.16. The molecule has 0 aliphatic carbocycles. The van der Waals surface area contributed by atoms with Gasteiger partial charge in [0.2, 0.25) is 0 Å². The number of likely N-dealkylation sites (tertiary alicyclic amines) is 3. The molecule has 3 heteroatoms. The zero-order chi connectivity index (χ0) is 15.7. The quantitative estimate of drug-likeness (QED) is 0.791. The summed E-state index contributed by atoms with van der Waals surface area (Å²) in [5.74, 6) is 0.956. The molecule has 0 atom stereocenters. The zero-order valence-corrected chi connectivity index (χ0v) is 15.4. The first-order valence-electron chi connectivity index (χ1n) is 9.68. The van der Waals surface area contributed by atoms with Crippen LogP contribution in [0.3, 0.4) is 0 Å². The average Bonchev–Trinajstić information content (AvgIpc) is 2.46. The van der Waals surface area contributed by atoms with E-state index in [1.807, 2.05) is 0 Å². The maximum absolute atomic E-state index is 2.78. The van der Waals surface area contributed by atoms with Crippen molar-refractivity contribution in [2.45, 2.75) is 65.5 Å². The van der Waals surface area contributed by atoms with Crippen molar-refractivity contribution in [1.29, 1.82) is 0 Å². The van der Waals surface area contributed by atoms with Crippen molar-refractivity contribution in [1.82, 2.24) is 14.7 Å². The van der Waals surface area contributed by atoms with E-state index in [1.165, 1.54) is 71.5 Å². The lowest BCUT2D eigenvalue weighted by molar-refractivity contribution is -0.0648. The van der Waals surface area contributed by atoms with Crippen LogP contribution in [0.2, 0.25) is 0 Å². The topological polar surface area (TPSA) is 9.72 Å². The molecule has 3 nitrogen and oxygen atoms in total. The van der Waals surface area contributed by atoms with Gasteiger partial charge in [-0.3, -0.25) is 4.90 Å². The highest BCUT2D eigenvalue weighted by Crippen LogP contribution is 2.41. The molecular weight excluding hydrogens is 270 g/mol. The van der Waals surface area contributed by atoms with Gasteiger partial charge in [-0.05, 0) is 90.9 Å². The Bertz CT molecular complexity index is 342. The molecule has 128 valence electrons. The van der Waals surface area contributed by atoms with E-state index >= 15 is 0 Å². The fourth-order valence-corrected chi connectivity index (χ4v) is 4.72. The van der Waals surface area contributed by atoms with E-state index < -0.39 is 0 Å². The highest BCUT2D eigenvalue weighted by Gasteiger charge is 2.45. The fraction of sp³-hybridized carbons (Fsp3) is 1.00. The smallest absolute Gasteiger partial charge is 0.00541 e. The second-order valence-corrected chi connectivity index (χ2v) is 8.87. The van der Waals surface area contributed by atoms with Gasteiger partial charge in [0.25, 0.3) is 0 Å². The highest BCUT2D eigenvalue weighted by molar-refractivity contribution is 4.99. The molecule has 0 amide bonds. The summed E-state index contributed by atoms with van der Waals surface area (Å²) in [6, 6.07) is 1.48. The molecule has 3 heterocycles. The lowest BCUT2D eigenvalue weighted by atomic mass is 9.71. The second kappa shape index (κ2) is 6.78. The maximum atomic E-state index is 2.78. The fourth-order valence-electron chi connectivity index (χ4n) is 4.72. The summed E-state index contributed by atoms with van der Waals surface area (Å²) < 4.78 is 0. The van der Waals surface area contributed by atoms with Crippen LogP contribution in [-0.4, -0.2) is 72.6 Å². The third-order valence-electron chi connectivity index (χ3n) is 6.62. The average molecular weight is 308 g/mol. The lowest BCUT2D eigenvalue weighted by Crippen LogP contribution is -2.62. The summed E-state index contributed by atoms with van der Waals surface area (Å²) in [6.07, 6.45) is 5.73. The van der Waals surface area contributed by atoms with Crippen LogP contribution in [0.15, 0.2) is 0 Å². The van der Waals surface area contributed by atoms with Gasteiger partial charge in [0.15, 0.2) is 0 Å². The molecule has 0 N–H and O–H groups in total. The van der Waals surface area contributed by atoms with E-state index in [1.54, 1.807) is 0 Å². The summed E-state index contributed by atoms with van der Waals surface area (Å²) in [5.41, 5.74) is 0.696. The van der Waals surface area contributed by atoms with Crippen molar-refractivity contribution >= 4 is 0 Å². The van der Waals surface area contributed by atoms with Gasteiger partial charge in [-0.1, -0.05) is 0 Å². The molecule has 3 saturated heterocycles. The van der Waals surface area contributed by atoms with Crippen molar-refractivity contribution in [3.05, 3.63) is 0 Å². The molecule has 0 aromatic carbocycles. The monoisotopic (exact) mass is 307 g/mol. The molecule has 22 heavy (non-hydrogen) atoms. The minimum absolute atomic E-state index is 0.696. The van der Waals surface area contributed by atoms with Crippen LogP contribution >= 0.6 is 0 Å². The molecule has 0 aromatic rings. The van der Waals surface area contributed by atoms with E-state index in [9.17, 15) is 0 Å². The van der Waals surface area contributed by atoms with Crippen molar-refractivity contribution in [3.8, 4) is 0 Å². The number of rotatable bonds is 4. The van der Waals surface area contributed by atoms with E-state index in [2.05, 4.69) is 42.4 Å². The summed E-state index contributed by atoms with van der Waals surface area (Å²) >= 11 is 0. The van der Waals surface area contributed by atoms with E-state index in [4.69, 9.17) is 0 Å². The normalized spacial score (nSPS) is 28.6. The van der Waals surface area contributed by atoms with E-state index in [-0.39, 0.29) is 0 Å². The molecule has 0 unspecified atom stereocenters. The summed E-state index contributed by atoms with van der Waals surface area (Å²) in [4.78, 5) is 8.08. The van der Waals surface area contributed by atoms with Crippen LogP contribution in [0.25, 0.3) is 0 Å². The first kappa shape index (κ1) is 16.7. The molecule has 3 aliphatic rings. The number of hydrogen-bond acceptors (Lipinski definition) is 3. The van der Waals surface area contributed by atoms with Gasteiger partial charge >= 0.3 is 0 Å². The Morgan fingerprint density at radius 1 is 0.818 bits per heavy atom. The van der Waals surface area contributed by atoms with Gasteiger partial charge < -0.3 is 9.80 Å². The summed E-state index contributed by atoms with van der Waals surface area (Å²) in [7, 11) is 0. The molecule has 0 saturated carbocycles. The second-order valence-electron chi connectivity index (χ2n) is 8.87. The Morgan fingerprint density at radius 3 is 1.86 bits per heavy atom. The molecule has 0 aromatic heterocycles. The van der Waals surface area contributed by atoms with Crippen LogP contribution in [0.4, 0.5) is 0 Å². The van der Waals surface area contributed by atoms with Gasteiger partial charge in [-0.2, -0.15) is 0 Å². The summed E-state index contributed by atoms with van der Waals surface area (Å²) in [5, 5.41) is 0. The van der Waals surface area contributed by atoms with Crippen molar-refractivity contribution in [2.24, 2.45) is 11.3 Å². The van der Waals surface area contributed by atoms with Crippen LogP contribution in [-0.2, 0) is 0 Å². The predicted molar refractivity (Wildman–Crippen MR) is 94.2 cm³/mol. The molecule has 1 spiro atoms. The Balaban J connectivity index is 1.37. The largest absolute Gasteiger partial charge is 0.303 e. The Morgan fingerprint density at radius 2 is 1.36 bits per heavy atom. The Labute approximate surface area is 138 Å². The lowest BCUT2D eigenvalue weighted by Gasteiger charge is -2.56. The van der Waals surface area contributed by atoms with Crippen LogP contribution in [0.5, 0.6) is 0 Å². The van der Waals surface area contributed by atoms with Crippen molar-refractivity contribution in [3.63, 3.8) is 0 Å². The van der Waals surface area contributed by atoms with Gasteiger partial charge in [0, 0.05) is 31.7 Å². The number of nitrogens with zero attached hydrogens (tertiary/aromatic N) is 3. The zero-order valence-electron chi connectivity index (χ0n) is 15.4. The summed E-state index contributed by atoms with van der Waals surface area (Å²) in [6.45, 7) is 18.8. The van der Waals surface area contributed by atoms with Crippen LogP contribution in [0, 0.1) is 11.3 Å².